The summed E-state index contributed by atoms with van der Waals surface area (Å²) in [7, 11) is 0. The first-order valence-electron chi connectivity index (χ1n) is 6.43. The summed E-state index contributed by atoms with van der Waals surface area (Å²) in [6, 6.07) is 7.39. The van der Waals surface area contributed by atoms with Crippen molar-refractivity contribution >= 4 is 11.6 Å². The van der Waals surface area contributed by atoms with Crippen LogP contribution in [-0.2, 0) is 9.53 Å². The number of carbonyl (C=O) groups is 1. The predicted molar refractivity (Wildman–Crippen MR) is 76.7 cm³/mol. The third kappa shape index (κ3) is 6.61. The highest BCUT2D eigenvalue weighted by atomic mass is 16.5. The van der Waals surface area contributed by atoms with Gasteiger partial charge in [-0.15, -0.1) is 0 Å². The Morgan fingerprint density at radius 2 is 2.11 bits per heavy atom. The molecule has 3 N–H and O–H groups in total. The van der Waals surface area contributed by atoms with Crippen LogP contribution in [0, 0.1) is 11.8 Å². The summed E-state index contributed by atoms with van der Waals surface area (Å²) in [5, 5.41) is 2.83. The molecule has 0 bridgehead atoms. The van der Waals surface area contributed by atoms with Crippen LogP contribution < -0.4 is 11.1 Å². The topological polar surface area (TPSA) is 64.3 Å². The van der Waals surface area contributed by atoms with E-state index >= 15 is 0 Å². The van der Waals surface area contributed by atoms with Crippen molar-refractivity contribution in [2.45, 2.75) is 19.8 Å². The Morgan fingerprint density at radius 1 is 1.37 bits per heavy atom. The molecule has 1 aromatic carbocycles. The van der Waals surface area contributed by atoms with Crippen molar-refractivity contribution in [1.82, 2.24) is 0 Å². The van der Waals surface area contributed by atoms with Crippen LogP contribution in [-0.4, -0.2) is 25.7 Å². The molecule has 0 aliphatic rings. The molecule has 0 aliphatic heterocycles. The molecule has 1 amide bonds. The van der Waals surface area contributed by atoms with Gasteiger partial charge in [0, 0.05) is 30.9 Å². The number of hydrogen-bond acceptors (Lipinski definition) is 3. The number of amides is 1. The zero-order valence-corrected chi connectivity index (χ0v) is 11.2. The van der Waals surface area contributed by atoms with E-state index in [1.165, 1.54) is 0 Å². The van der Waals surface area contributed by atoms with Crippen molar-refractivity contribution in [3.8, 4) is 11.8 Å². The van der Waals surface area contributed by atoms with Gasteiger partial charge in [0.2, 0.25) is 5.91 Å². The van der Waals surface area contributed by atoms with E-state index in [1.54, 1.807) is 0 Å². The molecule has 0 aliphatic carbocycles. The van der Waals surface area contributed by atoms with Crippen LogP contribution in [0.4, 0.5) is 5.69 Å². The van der Waals surface area contributed by atoms with Gasteiger partial charge in [0.05, 0.1) is 6.54 Å². The summed E-state index contributed by atoms with van der Waals surface area (Å²) in [5.41, 5.74) is 6.97. The zero-order chi connectivity index (χ0) is 13.9. The number of hydrogen-bond donors (Lipinski definition) is 2. The monoisotopic (exact) mass is 260 g/mol. The van der Waals surface area contributed by atoms with E-state index in [0.29, 0.717) is 26.2 Å². The highest BCUT2D eigenvalue weighted by Gasteiger charge is 2.01. The Morgan fingerprint density at radius 3 is 2.74 bits per heavy atom. The second kappa shape index (κ2) is 9.15. The summed E-state index contributed by atoms with van der Waals surface area (Å²) < 4.78 is 5.18. The van der Waals surface area contributed by atoms with Crippen molar-refractivity contribution in [1.29, 1.82) is 0 Å². The lowest BCUT2D eigenvalue weighted by molar-refractivity contribution is -0.116. The maximum absolute atomic E-state index is 11.6. The first-order valence-corrected chi connectivity index (χ1v) is 6.43. The van der Waals surface area contributed by atoms with E-state index < -0.39 is 0 Å². The third-order valence-electron chi connectivity index (χ3n) is 2.40. The number of anilines is 1. The van der Waals surface area contributed by atoms with Gasteiger partial charge in [-0.2, -0.15) is 0 Å². The van der Waals surface area contributed by atoms with E-state index in [9.17, 15) is 4.79 Å². The fourth-order valence-corrected chi connectivity index (χ4v) is 1.49. The second-order valence-electron chi connectivity index (χ2n) is 3.93. The summed E-state index contributed by atoms with van der Waals surface area (Å²) in [6.45, 7) is 3.60. The average molecular weight is 260 g/mol. The van der Waals surface area contributed by atoms with E-state index in [1.807, 2.05) is 31.2 Å². The largest absolute Gasteiger partial charge is 0.382 e. The molecular formula is C15H20N2O2. The average Bonchev–Trinajstić information content (AvgIpc) is 2.43. The van der Waals surface area contributed by atoms with Crippen molar-refractivity contribution < 1.29 is 9.53 Å². The molecule has 0 heterocycles. The van der Waals surface area contributed by atoms with Crippen LogP contribution in [0.15, 0.2) is 24.3 Å². The number of benzene rings is 1. The first-order chi connectivity index (χ1) is 9.26. The first kappa shape index (κ1) is 15.2. The Bertz CT molecular complexity index is 443. The van der Waals surface area contributed by atoms with Gasteiger partial charge in [-0.1, -0.05) is 11.8 Å². The number of ether oxygens (including phenoxy) is 1. The Hall–Kier alpha value is -1.83. The van der Waals surface area contributed by atoms with Crippen LogP contribution in [0.25, 0.3) is 0 Å². The van der Waals surface area contributed by atoms with Crippen LogP contribution in [0.5, 0.6) is 0 Å². The fraction of sp³-hybridized carbons (Fsp3) is 0.400. The Balaban J connectivity index is 2.38. The van der Waals surface area contributed by atoms with Crippen LogP contribution in [0.2, 0.25) is 0 Å². The molecule has 1 aromatic rings. The SMILES string of the molecule is CCOCCCC(=O)Nc1ccc(C#CCN)cc1. The Kier molecular flexibility index (Phi) is 7.33. The lowest BCUT2D eigenvalue weighted by Gasteiger charge is -2.05. The molecule has 0 fully saturated rings. The van der Waals surface area contributed by atoms with Gasteiger partial charge in [-0.25, -0.2) is 0 Å². The Labute approximate surface area is 114 Å². The number of rotatable bonds is 6. The molecule has 0 radical (unpaired) electrons. The van der Waals surface area contributed by atoms with Crippen molar-refractivity contribution in [3.05, 3.63) is 29.8 Å². The van der Waals surface area contributed by atoms with Gasteiger partial charge in [0.15, 0.2) is 0 Å². The maximum atomic E-state index is 11.6. The normalized spacial score (nSPS) is 9.58. The van der Waals surface area contributed by atoms with Crippen molar-refractivity contribution in [2.24, 2.45) is 5.73 Å². The highest BCUT2D eigenvalue weighted by molar-refractivity contribution is 5.90. The third-order valence-corrected chi connectivity index (χ3v) is 2.40. The molecule has 19 heavy (non-hydrogen) atoms. The number of nitrogens with one attached hydrogen (secondary N) is 1. The molecule has 0 saturated carbocycles. The van der Waals surface area contributed by atoms with Gasteiger partial charge < -0.3 is 15.8 Å². The van der Waals surface area contributed by atoms with Crippen LogP contribution in [0.1, 0.15) is 25.3 Å². The summed E-state index contributed by atoms with van der Waals surface area (Å²) in [4.78, 5) is 11.6. The standard InChI is InChI=1S/C15H20N2O2/c1-2-19-12-4-6-15(18)17-14-9-7-13(8-10-14)5-3-11-16/h7-10H,2,4,6,11-12,16H2,1H3,(H,17,18). The molecule has 0 unspecified atom stereocenters. The predicted octanol–water partition coefficient (Wildman–Crippen LogP) is 1.75. The lowest BCUT2D eigenvalue weighted by Crippen LogP contribution is -2.12. The van der Waals surface area contributed by atoms with E-state index in [2.05, 4.69) is 17.2 Å². The van der Waals surface area contributed by atoms with Crippen LogP contribution in [0.3, 0.4) is 0 Å². The smallest absolute Gasteiger partial charge is 0.224 e. The minimum Gasteiger partial charge on any atom is -0.382 e. The van der Waals surface area contributed by atoms with Gasteiger partial charge >= 0.3 is 0 Å². The maximum Gasteiger partial charge on any atom is 0.224 e. The molecule has 1 rings (SSSR count). The zero-order valence-electron chi connectivity index (χ0n) is 11.2. The molecule has 4 heteroatoms. The van der Waals surface area contributed by atoms with Crippen molar-refractivity contribution in [3.63, 3.8) is 0 Å². The minimum absolute atomic E-state index is 0.000459. The van der Waals surface area contributed by atoms with E-state index in [0.717, 1.165) is 17.7 Å². The quantitative estimate of drug-likeness (QED) is 0.605. The molecule has 0 aromatic heterocycles. The van der Waals surface area contributed by atoms with Crippen LogP contribution >= 0.6 is 0 Å². The van der Waals surface area contributed by atoms with E-state index in [-0.39, 0.29) is 5.91 Å². The second-order valence-corrected chi connectivity index (χ2v) is 3.93. The van der Waals surface area contributed by atoms with Crippen molar-refractivity contribution in [2.75, 3.05) is 25.1 Å². The summed E-state index contributed by atoms with van der Waals surface area (Å²) >= 11 is 0. The minimum atomic E-state index is 0.000459. The lowest BCUT2D eigenvalue weighted by atomic mass is 10.2. The van der Waals surface area contributed by atoms with Gasteiger partial charge in [-0.05, 0) is 37.6 Å². The number of nitrogens with two attached hydrogens (primary N) is 1. The molecule has 0 atom stereocenters. The van der Waals surface area contributed by atoms with Gasteiger partial charge in [0.25, 0.3) is 0 Å². The molecule has 0 saturated heterocycles. The summed E-state index contributed by atoms with van der Waals surface area (Å²) in [5.74, 6) is 5.71. The van der Waals surface area contributed by atoms with E-state index in [4.69, 9.17) is 10.5 Å². The summed E-state index contributed by atoms with van der Waals surface area (Å²) in [6.07, 6.45) is 1.20. The van der Waals surface area contributed by atoms with Gasteiger partial charge in [-0.3, -0.25) is 4.79 Å². The van der Waals surface area contributed by atoms with Gasteiger partial charge in [0.1, 0.15) is 0 Å². The molecular weight excluding hydrogens is 240 g/mol. The molecule has 102 valence electrons. The molecule has 4 nitrogen and oxygen atoms in total. The number of carbonyl (C=O) groups excluding carboxylic acids is 1. The highest BCUT2D eigenvalue weighted by Crippen LogP contribution is 2.09. The fourth-order valence-electron chi connectivity index (χ4n) is 1.49. The molecule has 0 spiro atoms.